The fourth-order valence-electron chi connectivity index (χ4n) is 3.38. The second-order valence-electron chi connectivity index (χ2n) is 8.09. The summed E-state index contributed by atoms with van der Waals surface area (Å²) in [6.45, 7) is 8.80. The molecule has 0 radical (unpaired) electrons. The van der Waals surface area contributed by atoms with Crippen LogP contribution in [0.25, 0.3) is 11.3 Å². The van der Waals surface area contributed by atoms with Gasteiger partial charge in [-0.15, -0.1) is 0 Å². The van der Waals surface area contributed by atoms with Gasteiger partial charge >= 0.3 is 0 Å². The van der Waals surface area contributed by atoms with E-state index in [0.29, 0.717) is 18.0 Å². The Hall–Kier alpha value is -2.60. The highest BCUT2D eigenvalue weighted by molar-refractivity contribution is 9.10. The maximum Gasteiger partial charge on any atom is 0.254 e. The van der Waals surface area contributed by atoms with E-state index in [0.717, 1.165) is 27.7 Å². The van der Waals surface area contributed by atoms with Gasteiger partial charge in [-0.05, 0) is 45.4 Å². The molecule has 0 aliphatic heterocycles. The SMILES string of the molecule is CC[C@@H](C)N(Cc1c(-c2ccccc2)noc1N(C)C(C)C)C(=O)c1cccc(Br)c1. The van der Waals surface area contributed by atoms with Gasteiger partial charge in [0.1, 0.15) is 5.69 Å². The quantitative estimate of drug-likeness (QED) is 0.372. The van der Waals surface area contributed by atoms with Crippen molar-refractivity contribution in [3.63, 3.8) is 0 Å². The van der Waals surface area contributed by atoms with Gasteiger partial charge in [0.05, 0.1) is 12.1 Å². The minimum Gasteiger partial charge on any atom is -0.341 e. The number of nitrogens with zero attached hydrogens (tertiary/aromatic N) is 3. The number of anilines is 1. The molecule has 1 atom stereocenters. The van der Waals surface area contributed by atoms with Gasteiger partial charge in [-0.1, -0.05) is 64.4 Å². The third-order valence-corrected chi connectivity index (χ3v) is 6.19. The van der Waals surface area contributed by atoms with Crippen molar-refractivity contribution >= 4 is 27.7 Å². The molecular weight excluding hydrogens is 454 g/mol. The van der Waals surface area contributed by atoms with E-state index >= 15 is 0 Å². The molecule has 0 aliphatic carbocycles. The van der Waals surface area contributed by atoms with Crippen molar-refractivity contribution in [2.24, 2.45) is 0 Å². The Morgan fingerprint density at radius 3 is 2.42 bits per heavy atom. The molecule has 5 nitrogen and oxygen atoms in total. The molecule has 164 valence electrons. The summed E-state index contributed by atoms with van der Waals surface area (Å²) in [4.78, 5) is 17.5. The van der Waals surface area contributed by atoms with Gasteiger partial charge in [0.25, 0.3) is 5.91 Å². The fraction of sp³-hybridized carbons (Fsp3) is 0.360. The zero-order valence-electron chi connectivity index (χ0n) is 18.8. The van der Waals surface area contributed by atoms with Crippen LogP contribution in [0.5, 0.6) is 0 Å². The van der Waals surface area contributed by atoms with Crippen LogP contribution in [0, 0.1) is 0 Å². The summed E-state index contributed by atoms with van der Waals surface area (Å²) in [6, 6.07) is 17.8. The number of benzene rings is 2. The van der Waals surface area contributed by atoms with Crippen molar-refractivity contribution in [1.82, 2.24) is 10.1 Å². The minimum atomic E-state index is -0.00554. The molecule has 6 heteroatoms. The third-order valence-electron chi connectivity index (χ3n) is 5.69. The number of hydrogen-bond acceptors (Lipinski definition) is 4. The predicted octanol–water partition coefficient (Wildman–Crippen LogP) is 6.39. The Morgan fingerprint density at radius 2 is 1.81 bits per heavy atom. The van der Waals surface area contributed by atoms with Gasteiger partial charge in [0.2, 0.25) is 5.88 Å². The van der Waals surface area contributed by atoms with E-state index in [9.17, 15) is 4.79 Å². The molecule has 0 unspecified atom stereocenters. The summed E-state index contributed by atoms with van der Waals surface area (Å²) < 4.78 is 6.71. The summed E-state index contributed by atoms with van der Waals surface area (Å²) in [5.41, 5.74) is 3.33. The molecule has 3 rings (SSSR count). The van der Waals surface area contributed by atoms with Gasteiger partial charge in [-0.25, -0.2) is 0 Å². The first-order chi connectivity index (χ1) is 14.8. The maximum atomic E-state index is 13.5. The topological polar surface area (TPSA) is 49.6 Å². The van der Waals surface area contributed by atoms with E-state index in [1.165, 1.54) is 0 Å². The second kappa shape index (κ2) is 10.1. The monoisotopic (exact) mass is 483 g/mol. The van der Waals surface area contributed by atoms with Crippen molar-refractivity contribution in [3.05, 3.63) is 70.2 Å². The number of aromatic nitrogens is 1. The highest BCUT2D eigenvalue weighted by atomic mass is 79.9. The number of carbonyl (C=O) groups is 1. The van der Waals surface area contributed by atoms with Crippen LogP contribution in [0.15, 0.2) is 63.6 Å². The van der Waals surface area contributed by atoms with E-state index in [-0.39, 0.29) is 18.0 Å². The van der Waals surface area contributed by atoms with E-state index < -0.39 is 0 Å². The van der Waals surface area contributed by atoms with Crippen molar-refractivity contribution < 1.29 is 9.32 Å². The van der Waals surface area contributed by atoms with Crippen LogP contribution in [-0.4, -0.2) is 35.1 Å². The molecule has 1 amide bonds. The fourth-order valence-corrected chi connectivity index (χ4v) is 3.78. The van der Waals surface area contributed by atoms with Crippen LogP contribution in [0.2, 0.25) is 0 Å². The molecule has 3 aromatic rings. The first-order valence-electron chi connectivity index (χ1n) is 10.7. The van der Waals surface area contributed by atoms with E-state index in [4.69, 9.17) is 4.52 Å². The lowest BCUT2D eigenvalue weighted by atomic mass is 10.0. The highest BCUT2D eigenvalue weighted by Crippen LogP contribution is 2.33. The highest BCUT2D eigenvalue weighted by Gasteiger charge is 2.28. The van der Waals surface area contributed by atoms with E-state index in [2.05, 4.69) is 53.7 Å². The lowest BCUT2D eigenvalue weighted by molar-refractivity contribution is 0.0672. The molecular formula is C25H30BrN3O2. The maximum absolute atomic E-state index is 13.5. The number of rotatable bonds is 8. The first-order valence-corrected chi connectivity index (χ1v) is 11.5. The Bertz CT molecular complexity index is 1020. The second-order valence-corrected chi connectivity index (χ2v) is 9.00. The summed E-state index contributed by atoms with van der Waals surface area (Å²) in [5.74, 6) is 0.693. The van der Waals surface area contributed by atoms with Crippen LogP contribution < -0.4 is 4.90 Å². The number of carbonyl (C=O) groups excluding carboxylic acids is 1. The summed E-state index contributed by atoms with van der Waals surface area (Å²) in [6.07, 6.45) is 0.848. The molecule has 0 bridgehead atoms. The zero-order valence-corrected chi connectivity index (χ0v) is 20.4. The molecule has 0 aliphatic rings. The van der Waals surface area contributed by atoms with Crippen LogP contribution in [-0.2, 0) is 6.54 Å². The summed E-state index contributed by atoms with van der Waals surface area (Å²) in [7, 11) is 1.99. The Morgan fingerprint density at radius 1 is 1.10 bits per heavy atom. The van der Waals surface area contributed by atoms with Crippen molar-refractivity contribution in [2.45, 2.75) is 52.7 Å². The molecule has 2 aromatic carbocycles. The molecule has 1 aromatic heterocycles. The van der Waals surface area contributed by atoms with E-state index in [1.807, 2.05) is 66.5 Å². The van der Waals surface area contributed by atoms with Crippen LogP contribution in [0.1, 0.15) is 50.0 Å². The first kappa shape index (κ1) is 23.1. The average molecular weight is 484 g/mol. The van der Waals surface area contributed by atoms with Gasteiger partial charge in [-0.2, -0.15) is 0 Å². The number of hydrogen-bond donors (Lipinski definition) is 0. The van der Waals surface area contributed by atoms with Gasteiger partial charge < -0.3 is 14.3 Å². The lowest BCUT2D eigenvalue weighted by Gasteiger charge is -2.30. The Kier molecular flexibility index (Phi) is 7.55. The normalized spacial score (nSPS) is 12.1. The number of halogens is 1. The molecule has 0 fully saturated rings. The molecule has 0 N–H and O–H groups in total. The molecule has 0 saturated heterocycles. The lowest BCUT2D eigenvalue weighted by Crippen LogP contribution is -2.38. The molecule has 0 saturated carbocycles. The predicted molar refractivity (Wildman–Crippen MR) is 129 cm³/mol. The van der Waals surface area contributed by atoms with Crippen molar-refractivity contribution in [1.29, 1.82) is 0 Å². The zero-order chi connectivity index (χ0) is 22.5. The molecule has 1 heterocycles. The van der Waals surface area contributed by atoms with E-state index in [1.54, 1.807) is 0 Å². The van der Waals surface area contributed by atoms with Crippen molar-refractivity contribution in [3.8, 4) is 11.3 Å². The smallest absolute Gasteiger partial charge is 0.254 e. The average Bonchev–Trinajstić information content (AvgIpc) is 3.19. The minimum absolute atomic E-state index is 0.00554. The van der Waals surface area contributed by atoms with Gasteiger partial charge in [0.15, 0.2) is 0 Å². The summed E-state index contributed by atoms with van der Waals surface area (Å²) in [5, 5.41) is 4.41. The Labute approximate surface area is 193 Å². The third kappa shape index (κ3) is 5.18. The molecule has 31 heavy (non-hydrogen) atoms. The Balaban J connectivity index is 2.07. The van der Waals surface area contributed by atoms with Crippen LogP contribution >= 0.6 is 15.9 Å². The summed E-state index contributed by atoms with van der Waals surface area (Å²) >= 11 is 3.48. The van der Waals surface area contributed by atoms with Crippen LogP contribution in [0.4, 0.5) is 5.88 Å². The number of amides is 1. The largest absolute Gasteiger partial charge is 0.341 e. The van der Waals surface area contributed by atoms with Gasteiger partial charge in [-0.3, -0.25) is 4.79 Å². The van der Waals surface area contributed by atoms with Gasteiger partial charge in [0, 0.05) is 34.7 Å². The van der Waals surface area contributed by atoms with Crippen LogP contribution in [0.3, 0.4) is 0 Å². The van der Waals surface area contributed by atoms with Crippen molar-refractivity contribution in [2.75, 3.05) is 11.9 Å². The standard InChI is InChI=1S/C25H30BrN3O2/c1-6-18(4)29(24(30)20-13-10-14-21(26)15-20)16-22-23(19-11-8-7-9-12-19)27-31-25(22)28(5)17(2)3/h7-15,17-18H,6,16H2,1-5H3/t18-/m1/s1. The molecule has 0 spiro atoms.